The highest BCUT2D eigenvalue weighted by atomic mass is 16.5. The molecular weight excluding hydrogens is 362 g/mol. The lowest BCUT2D eigenvalue weighted by atomic mass is 10.1. The molecule has 3 aromatic rings. The van der Waals surface area contributed by atoms with Gasteiger partial charge in [0.25, 0.3) is 5.91 Å². The van der Waals surface area contributed by atoms with Crippen LogP contribution >= 0.6 is 0 Å². The van der Waals surface area contributed by atoms with Crippen LogP contribution in [0.15, 0.2) is 67.0 Å². The van der Waals surface area contributed by atoms with Crippen LogP contribution in [0.3, 0.4) is 0 Å². The number of fused-ring (bicyclic) bond motifs is 1. The number of carbonyl (C=O) groups excluding carboxylic acids is 1. The molecule has 29 heavy (non-hydrogen) atoms. The van der Waals surface area contributed by atoms with Crippen LogP contribution in [-0.2, 0) is 12.8 Å². The van der Waals surface area contributed by atoms with Crippen LogP contribution in [0.4, 0.5) is 11.4 Å². The highest BCUT2D eigenvalue weighted by Gasteiger charge is 2.31. The molecule has 0 radical (unpaired) electrons. The average Bonchev–Trinajstić information content (AvgIpc) is 3.09. The Morgan fingerprint density at radius 3 is 2.90 bits per heavy atom. The van der Waals surface area contributed by atoms with Gasteiger partial charge in [0.1, 0.15) is 5.75 Å². The maximum atomic E-state index is 13.2. The van der Waals surface area contributed by atoms with Crippen LogP contribution < -0.4 is 15.0 Å². The summed E-state index contributed by atoms with van der Waals surface area (Å²) in [7, 11) is 1.67. The van der Waals surface area contributed by atoms with Gasteiger partial charge in [0.15, 0.2) is 0 Å². The van der Waals surface area contributed by atoms with Crippen molar-refractivity contribution < 1.29 is 9.53 Å². The molecule has 1 N–H and O–H groups in total. The van der Waals surface area contributed by atoms with E-state index in [0.29, 0.717) is 5.56 Å². The molecular formula is C24H25N3O2. The van der Waals surface area contributed by atoms with Gasteiger partial charge in [0.05, 0.1) is 18.4 Å². The lowest BCUT2D eigenvalue weighted by Crippen LogP contribution is -2.35. The number of nitrogens with zero attached hydrogens (tertiary/aromatic N) is 2. The van der Waals surface area contributed by atoms with E-state index in [-0.39, 0.29) is 11.9 Å². The van der Waals surface area contributed by atoms with Crippen molar-refractivity contribution in [3.63, 3.8) is 0 Å². The van der Waals surface area contributed by atoms with Gasteiger partial charge >= 0.3 is 0 Å². The first-order chi connectivity index (χ1) is 14.2. The van der Waals surface area contributed by atoms with Crippen LogP contribution in [0.25, 0.3) is 0 Å². The van der Waals surface area contributed by atoms with Crippen molar-refractivity contribution in [1.82, 2.24) is 4.98 Å². The van der Waals surface area contributed by atoms with E-state index in [2.05, 4.69) is 29.4 Å². The fraction of sp³-hybridized carbons (Fsp3) is 0.250. The summed E-state index contributed by atoms with van der Waals surface area (Å²) in [5, 5.41) is 3.37. The third kappa shape index (κ3) is 4.09. The minimum Gasteiger partial charge on any atom is -0.497 e. The van der Waals surface area contributed by atoms with Gasteiger partial charge in [-0.25, -0.2) is 0 Å². The number of ether oxygens (including phenoxy) is 1. The Balaban J connectivity index is 1.44. The van der Waals surface area contributed by atoms with Gasteiger partial charge in [-0.15, -0.1) is 0 Å². The van der Waals surface area contributed by atoms with Gasteiger partial charge in [-0.05, 0) is 55.2 Å². The minimum absolute atomic E-state index is 0.00797. The molecule has 0 spiro atoms. The number of para-hydroxylation sites is 1. The van der Waals surface area contributed by atoms with E-state index in [9.17, 15) is 4.79 Å². The lowest BCUT2D eigenvalue weighted by molar-refractivity contribution is 0.0981. The molecule has 2 heterocycles. The van der Waals surface area contributed by atoms with Crippen LogP contribution in [0.2, 0.25) is 0 Å². The molecule has 5 heteroatoms. The Kier molecular flexibility index (Phi) is 5.47. The van der Waals surface area contributed by atoms with Gasteiger partial charge < -0.3 is 15.0 Å². The van der Waals surface area contributed by atoms with Crippen molar-refractivity contribution in [3.8, 4) is 5.75 Å². The summed E-state index contributed by atoms with van der Waals surface area (Å²) in [5.74, 6) is 0.850. The van der Waals surface area contributed by atoms with Gasteiger partial charge in [0, 0.05) is 30.7 Å². The molecule has 148 valence electrons. The van der Waals surface area contributed by atoms with Crippen molar-refractivity contribution in [1.29, 1.82) is 0 Å². The van der Waals surface area contributed by atoms with Gasteiger partial charge in [-0.3, -0.25) is 9.78 Å². The van der Waals surface area contributed by atoms with Crippen molar-refractivity contribution >= 4 is 17.3 Å². The molecule has 1 aliphatic rings. The van der Waals surface area contributed by atoms with Crippen molar-refractivity contribution in [2.75, 3.05) is 23.9 Å². The van der Waals surface area contributed by atoms with E-state index < -0.39 is 0 Å². The topological polar surface area (TPSA) is 54.5 Å². The number of benzene rings is 2. The number of amides is 1. The van der Waals surface area contributed by atoms with E-state index in [1.165, 1.54) is 11.1 Å². The van der Waals surface area contributed by atoms with E-state index in [1.807, 2.05) is 47.4 Å². The molecule has 0 bridgehead atoms. The molecule has 1 amide bonds. The summed E-state index contributed by atoms with van der Waals surface area (Å²) in [5.41, 5.74) is 4.86. The number of methoxy groups -OCH3 is 1. The van der Waals surface area contributed by atoms with Crippen LogP contribution in [-0.4, -0.2) is 30.6 Å². The first-order valence-electron chi connectivity index (χ1n) is 9.89. The smallest absolute Gasteiger partial charge is 0.260 e. The van der Waals surface area contributed by atoms with E-state index in [1.54, 1.807) is 19.5 Å². The summed E-state index contributed by atoms with van der Waals surface area (Å²) >= 11 is 0. The van der Waals surface area contributed by atoms with Crippen LogP contribution in [0, 0.1) is 0 Å². The second-order valence-corrected chi connectivity index (χ2v) is 7.35. The average molecular weight is 387 g/mol. The number of rotatable bonds is 6. The van der Waals surface area contributed by atoms with Crippen LogP contribution in [0.5, 0.6) is 5.75 Å². The maximum Gasteiger partial charge on any atom is 0.260 e. The molecule has 0 saturated heterocycles. The SMILES string of the molecule is COc1cccc(CCNc2cncc(C(=O)N3c4ccccc4CC3C)c2)c1. The number of anilines is 2. The van der Waals surface area contributed by atoms with E-state index in [0.717, 1.165) is 36.5 Å². The predicted octanol–water partition coefficient (Wildman–Crippen LogP) is 4.34. The summed E-state index contributed by atoms with van der Waals surface area (Å²) in [6.45, 7) is 2.83. The zero-order valence-corrected chi connectivity index (χ0v) is 16.8. The Hall–Kier alpha value is -3.34. The molecule has 0 saturated carbocycles. The zero-order valence-electron chi connectivity index (χ0n) is 16.8. The van der Waals surface area contributed by atoms with Crippen LogP contribution in [0.1, 0.15) is 28.4 Å². The van der Waals surface area contributed by atoms with Gasteiger partial charge in [-0.2, -0.15) is 0 Å². The molecule has 0 aliphatic carbocycles. The quantitative estimate of drug-likeness (QED) is 0.684. The number of pyridine rings is 1. The third-order valence-corrected chi connectivity index (χ3v) is 5.29. The largest absolute Gasteiger partial charge is 0.497 e. The highest BCUT2D eigenvalue weighted by Crippen LogP contribution is 2.33. The number of aromatic nitrogens is 1. The Morgan fingerprint density at radius 1 is 1.17 bits per heavy atom. The Labute approximate surface area is 171 Å². The van der Waals surface area contributed by atoms with Crippen molar-refractivity contribution in [2.45, 2.75) is 25.8 Å². The number of hydrogen-bond donors (Lipinski definition) is 1. The minimum atomic E-state index is -0.00797. The fourth-order valence-corrected chi connectivity index (χ4v) is 3.85. The summed E-state index contributed by atoms with van der Waals surface area (Å²) in [4.78, 5) is 19.3. The number of carbonyl (C=O) groups is 1. The second-order valence-electron chi connectivity index (χ2n) is 7.35. The molecule has 1 unspecified atom stereocenters. The van der Waals surface area contributed by atoms with Crippen molar-refractivity contribution in [3.05, 3.63) is 83.7 Å². The summed E-state index contributed by atoms with van der Waals surface area (Å²) in [6.07, 6.45) is 5.13. The number of hydrogen-bond acceptors (Lipinski definition) is 4. The fourth-order valence-electron chi connectivity index (χ4n) is 3.85. The van der Waals surface area contributed by atoms with Crippen molar-refractivity contribution in [2.24, 2.45) is 0 Å². The molecule has 2 aromatic carbocycles. The zero-order chi connectivity index (χ0) is 20.2. The molecule has 1 atom stereocenters. The Morgan fingerprint density at radius 2 is 2.03 bits per heavy atom. The summed E-state index contributed by atoms with van der Waals surface area (Å²) in [6, 6.07) is 18.2. The van der Waals surface area contributed by atoms with Gasteiger partial charge in [-0.1, -0.05) is 30.3 Å². The summed E-state index contributed by atoms with van der Waals surface area (Å²) < 4.78 is 5.27. The molecule has 4 rings (SSSR count). The van der Waals surface area contributed by atoms with E-state index in [4.69, 9.17) is 4.74 Å². The molecule has 5 nitrogen and oxygen atoms in total. The highest BCUT2D eigenvalue weighted by molar-refractivity contribution is 6.08. The monoisotopic (exact) mass is 387 g/mol. The molecule has 0 fully saturated rings. The van der Waals surface area contributed by atoms with Gasteiger partial charge in [0.2, 0.25) is 0 Å². The maximum absolute atomic E-state index is 13.2. The normalized spacial score (nSPS) is 15.1. The first kappa shape index (κ1) is 19.0. The predicted molar refractivity (Wildman–Crippen MR) is 116 cm³/mol. The second kappa shape index (κ2) is 8.35. The third-order valence-electron chi connectivity index (χ3n) is 5.29. The standard InChI is InChI=1S/C24H25N3O2/c1-17-12-19-7-3-4-9-23(19)27(17)24(28)20-14-21(16-25-15-20)26-11-10-18-6-5-8-22(13-18)29-2/h3-9,13-17,26H,10-12H2,1-2H3. The number of nitrogens with one attached hydrogen (secondary N) is 1. The Bertz CT molecular complexity index is 1020. The van der Waals surface area contributed by atoms with E-state index >= 15 is 0 Å². The molecule has 1 aliphatic heterocycles. The molecule has 1 aromatic heterocycles. The lowest BCUT2D eigenvalue weighted by Gasteiger charge is -2.23. The first-order valence-corrected chi connectivity index (χ1v) is 9.89.